The van der Waals surface area contributed by atoms with E-state index >= 15 is 0 Å². The molecule has 2 aliphatic carbocycles. The molecule has 2 unspecified atom stereocenters. The summed E-state index contributed by atoms with van der Waals surface area (Å²) in [7, 11) is 2.04. The van der Waals surface area contributed by atoms with Gasteiger partial charge in [0.25, 0.3) is 0 Å². The third kappa shape index (κ3) is 4.57. The summed E-state index contributed by atoms with van der Waals surface area (Å²) in [6.45, 7) is 5.63. The van der Waals surface area contributed by atoms with Crippen molar-refractivity contribution in [1.29, 1.82) is 0 Å². The Bertz CT molecular complexity index is 388. The zero-order valence-corrected chi connectivity index (χ0v) is 16.8. The molecule has 4 nitrogen and oxygen atoms in total. The maximum Gasteiger partial charge on any atom is 0.225 e. The van der Waals surface area contributed by atoms with Crippen LogP contribution in [0.15, 0.2) is 0 Å². The molecule has 1 heterocycles. The van der Waals surface area contributed by atoms with Crippen molar-refractivity contribution in [2.24, 2.45) is 23.5 Å². The smallest absolute Gasteiger partial charge is 0.225 e. The zero-order chi connectivity index (χ0) is 15.7. The van der Waals surface area contributed by atoms with Gasteiger partial charge in [-0.2, -0.15) is 0 Å². The van der Waals surface area contributed by atoms with Crippen molar-refractivity contribution in [1.82, 2.24) is 9.80 Å². The predicted octanol–water partition coefficient (Wildman–Crippen LogP) is 2.93. The molecule has 3 aliphatic rings. The van der Waals surface area contributed by atoms with Crippen LogP contribution in [0.3, 0.4) is 0 Å². The number of carbonyl (C=O) groups is 1. The Kier molecular flexibility index (Phi) is 8.81. The van der Waals surface area contributed by atoms with Crippen molar-refractivity contribution in [2.75, 3.05) is 26.7 Å². The van der Waals surface area contributed by atoms with Crippen molar-refractivity contribution in [3.05, 3.63) is 0 Å². The summed E-state index contributed by atoms with van der Waals surface area (Å²) < 4.78 is 0. The first-order chi connectivity index (χ1) is 10.6. The van der Waals surface area contributed by atoms with E-state index in [1.165, 1.54) is 19.3 Å². The quantitative estimate of drug-likeness (QED) is 0.819. The Morgan fingerprint density at radius 3 is 2.12 bits per heavy atom. The number of likely N-dealkylation sites (tertiary alicyclic amines) is 1. The minimum Gasteiger partial charge on any atom is -0.342 e. The summed E-state index contributed by atoms with van der Waals surface area (Å²) >= 11 is 0. The van der Waals surface area contributed by atoms with E-state index in [0.717, 1.165) is 45.3 Å². The van der Waals surface area contributed by atoms with Crippen LogP contribution in [0.4, 0.5) is 0 Å². The second-order valence-electron chi connectivity index (χ2n) is 7.81. The van der Waals surface area contributed by atoms with Crippen LogP contribution < -0.4 is 5.73 Å². The summed E-state index contributed by atoms with van der Waals surface area (Å²) in [5.41, 5.74) is 6.37. The van der Waals surface area contributed by atoms with Gasteiger partial charge in [0.15, 0.2) is 0 Å². The minimum atomic E-state index is 0. The number of hydrogen-bond donors (Lipinski definition) is 1. The van der Waals surface area contributed by atoms with Crippen molar-refractivity contribution in [3.63, 3.8) is 0 Å². The fraction of sp³-hybridized carbons (Fsp3) is 0.944. The van der Waals surface area contributed by atoms with Crippen molar-refractivity contribution < 1.29 is 4.79 Å². The van der Waals surface area contributed by atoms with Gasteiger partial charge < -0.3 is 15.5 Å². The average Bonchev–Trinajstić information content (AvgIpc) is 2.53. The third-order valence-corrected chi connectivity index (χ3v) is 6.66. The molecule has 0 aromatic rings. The van der Waals surface area contributed by atoms with E-state index < -0.39 is 0 Å². The van der Waals surface area contributed by atoms with Gasteiger partial charge in [0, 0.05) is 38.1 Å². The molecule has 0 spiro atoms. The summed E-state index contributed by atoms with van der Waals surface area (Å²) in [6, 6.07) is 0.807. The summed E-state index contributed by atoms with van der Waals surface area (Å²) in [5.74, 6) is 1.83. The van der Waals surface area contributed by atoms with Gasteiger partial charge in [0.2, 0.25) is 5.91 Å². The van der Waals surface area contributed by atoms with Crippen molar-refractivity contribution in [3.8, 4) is 0 Å². The molecule has 0 radical (unpaired) electrons. The SMILES string of the molecule is CCN1CCC(N(C)C(=O)C2CC3CCCC(C2)C3N)CC1.Cl.Cl. The van der Waals surface area contributed by atoms with Gasteiger partial charge in [-0.15, -0.1) is 24.8 Å². The number of nitrogens with zero attached hydrogens (tertiary/aromatic N) is 2. The Labute approximate surface area is 159 Å². The minimum absolute atomic E-state index is 0. The molecule has 1 aliphatic heterocycles. The molecule has 0 aromatic carbocycles. The lowest BCUT2D eigenvalue weighted by molar-refractivity contribution is -0.140. The van der Waals surface area contributed by atoms with Gasteiger partial charge in [-0.05, 0) is 56.9 Å². The summed E-state index contributed by atoms with van der Waals surface area (Å²) in [6.07, 6.45) is 8.13. The first-order valence-electron chi connectivity index (χ1n) is 9.34. The molecule has 24 heavy (non-hydrogen) atoms. The van der Waals surface area contributed by atoms with Crippen LogP contribution in [-0.4, -0.2) is 54.5 Å². The number of rotatable bonds is 3. The molecule has 2 N–H and O–H groups in total. The number of carbonyl (C=O) groups excluding carboxylic acids is 1. The Balaban J connectivity index is 0.00000144. The highest BCUT2D eigenvalue weighted by Gasteiger charge is 2.42. The monoisotopic (exact) mass is 379 g/mol. The van der Waals surface area contributed by atoms with E-state index in [-0.39, 0.29) is 30.7 Å². The maximum atomic E-state index is 13.0. The van der Waals surface area contributed by atoms with Gasteiger partial charge in [-0.1, -0.05) is 13.3 Å². The van der Waals surface area contributed by atoms with Crippen LogP contribution in [0.5, 0.6) is 0 Å². The molecule has 1 saturated heterocycles. The third-order valence-electron chi connectivity index (χ3n) is 6.66. The Morgan fingerprint density at radius 1 is 1.08 bits per heavy atom. The maximum absolute atomic E-state index is 13.0. The lowest BCUT2D eigenvalue weighted by atomic mass is 9.65. The molecule has 2 saturated carbocycles. The van der Waals surface area contributed by atoms with Crippen molar-refractivity contribution in [2.45, 2.75) is 64.0 Å². The summed E-state index contributed by atoms with van der Waals surface area (Å²) in [5, 5.41) is 0. The largest absolute Gasteiger partial charge is 0.342 e. The van der Waals surface area contributed by atoms with Crippen LogP contribution in [0.2, 0.25) is 0 Å². The van der Waals surface area contributed by atoms with Gasteiger partial charge in [-0.3, -0.25) is 4.79 Å². The van der Waals surface area contributed by atoms with Gasteiger partial charge in [0.1, 0.15) is 0 Å². The van der Waals surface area contributed by atoms with Crippen LogP contribution >= 0.6 is 24.8 Å². The molecule has 2 bridgehead atoms. The molecular weight excluding hydrogens is 345 g/mol. The van der Waals surface area contributed by atoms with Gasteiger partial charge in [0.05, 0.1) is 0 Å². The van der Waals surface area contributed by atoms with Crippen LogP contribution in [0.25, 0.3) is 0 Å². The molecule has 2 atom stereocenters. The van der Waals surface area contributed by atoms with Crippen molar-refractivity contribution >= 4 is 30.7 Å². The van der Waals surface area contributed by atoms with E-state index in [2.05, 4.69) is 16.7 Å². The second-order valence-corrected chi connectivity index (χ2v) is 7.81. The molecule has 3 rings (SSSR count). The highest BCUT2D eigenvalue weighted by Crippen LogP contribution is 2.42. The number of piperidine rings is 1. The highest BCUT2D eigenvalue weighted by molar-refractivity contribution is 5.85. The number of hydrogen-bond acceptors (Lipinski definition) is 3. The van der Waals surface area contributed by atoms with E-state index in [4.69, 9.17) is 5.73 Å². The van der Waals surface area contributed by atoms with E-state index in [1.54, 1.807) is 0 Å². The van der Waals surface area contributed by atoms with E-state index in [9.17, 15) is 4.79 Å². The number of nitrogens with two attached hydrogens (primary N) is 1. The normalized spacial score (nSPS) is 34.0. The standard InChI is InChI=1S/C18H33N3O.2ClH/c1-3-21-9-7-16(8-10-21)20(2)18(22)15-11-13-5-4-6-14(12-15)17(13)19;;/h13-17H,3-12,19H2,1-2H3;2*1H. The van der Waals surface area contributed by atoms with E-state index in [1.807, 2.05) is 7.05 Å². The first-order valence-corrected chi connectivity index (χ1v) is 9.34. The number of halogens is 2. The lowest BCUT2D eigenvalue weighted by Crippen LogP contribution is -2.52. The molecule has 6 heteroatoms. The molecule has 3 fully saturated rings. The topological polar surface area (TPSA) is 49.6 Å². The fourth-order valence-corrected chi connectivity index (χ4v) is 5.08. The molecular formula is C18H35Cl2N3O. The highest BCUT2D eigenvalue weighted by atomic mass is 35.5. The van der Waals surface area contributed by atoms with Crippen LogP contribution in [0, 0.1) is 17.8 Å². The molecule has 142 valence electrons. The summed E-state index contributed by atoms with van der Waals surface area (Å²) in [4.78, 5) is 17.5. The van der Waals surface area contributed by atoms with Gasteiger partial charge in [-0.25, -0.2) is 0 Å². The second kappa shape index (κ2) is 9.61. The lowest BCUT2D eigenvalue weighted by Gasteiger charge is -2.45. The van der Waals surface area contributed by atoms with E-state index in [0.29, 0.717) is 29.8 Å². The first kappa shape index (κ1) is 22.0. The molecule has 0 aromatic heterocycles. The fourth-order valence-electron chi connectivity index (χ4n) is 5.08. The Morgan fingerprint density at radius 2 is 1.62 bits per heavy atom. The number of amides is 1. The predicted molar refractivity (Wildman–Crippen MR) is 104 cm³/mol. The average molecular weight is 380 g/mol. The van der Waals surface area contributed by atoms with Gasteiger partial charge >= 0.3 is 0 Å². The molecule has 1 amide bonds. The zero-order valence-electron chi connectivity index (χ0n) is 15.2. The number of fused-ring (bicyclic) bond motifs is 2. The van der Waals surface area contributed by atoms with Crippen LogP contribution in [-0.2, 0) is 4.79 Å². The Hall–Kier alpha value is -0.0300. The van der Waals surface area contributed by atoms with Crippen LogP contribution in [0.1, 0.15) is 51.9 Å².